The average Bonchev–Trinajstić information content (AvgIpc) is 2.28. The van der Waals surface area contributed by atoms with Crippen molar-refractivity contribution in [1.29, 1.82) is 0 Å². The van der Waals surface area contributed by atoms with Crippen LogP contribution in [0, 0.1) is 0 Å². The van der Waals surface area contributed by atoms with Gasteiger partial charge in [-0.05, 0) is 25.1 Å². The second kappa shape index (κ2) is 5.56. The molecule has 0 radical (unpaired) electrons. The van der Waals surface area contributed by atoms with Crippen molar-refractivity contribution < 1.29 is 4.79 Å². The fourth-order valence-electron chi connectivity index (χ4n) is 1.35. The first-order chi connectivity index (χ1) is 7.60. The number of nitrogen functional groups attached to an aromatic ring is 1. The lowest BCUT2D eigenvalue weighted by molar-refractivity contribution is 0.0782. The van der Waals surface area contributed by atoms with E-state index in [9.17, 15) is 4.79 Å². The Morgan fingerprint density at radius 2 is 2.31 bits per heavy atom. The van der Waals surface area contributed by atoms with E-state index in [0.29, 0.717) is 29.4 Å². The first kappa shape index (κ1) is 12.6. The number of benzene rings is 1. The van der Waals surface area contributed by atoms with Crippen LogP contribution in [0.1, 0.15) is 17.3 Å². The predicted octanol–water partition coefficient (Wildman–Crippen LogP) is 2.57. The van der Waals surface area contributed by atoms with E-state index in [1.165, 1.54) is 0 Å². The van der Waals surface area contributed by atoms with E-state index in [1.54, 1.807) is 29.2 Å². The molecule has 2 N–H and O–H groups in total. The Kier molecular flexibility index (Phi) is 4.38. The van der Waals surface area contributed by atoms with Crippen LogP contribution in [-0.4, -0.2) is 23.9 Å². The van der Waals surface area contributed by atoms with Crippen molar-refractivity contribution >= 4 is 23.2 Å². The van der Waals surface area contributed by atoms with Crippen molar-refractivity contribution in [2.75, 3.05) is 18.8 Å². The van der Waals surface area contributed by atoms with Gasteiger partial charge in [-0.25, -0.2) is 0 Å². The number of hydrogen-bond donors (Lipinski definition) is 1. The largest absolute Gasteiger partial charge is 0.398 e. The third-order valence-corrected chi connectivity index (χ3v) is 2.59. The zero-order valence-electron chi connectivity index (χ0n) is 9.24. The van der Waals surface area contributed by atoms with Crippen LogP contribution in [0.5, 0.6) is 0 Å². The van der Waals surface area contributed by atoms with E-state index in [2.05, 4.69) is 6.58 Å². The summed E-state index contributed by atoms with van der Waals surface area (Å²) in [6.45, 7) is 6.69. The molecule has 0 fully saturated rings. The Morgan fingerprint density at radius 1 is 1.62 bits per heavy atom. The standard InChI is InChI=1S/C12H15ClN2O/c1-3-7-15(4-2)12(16)9-5-6-11(14)10(13)8-9/h3,5-6,8H,1,4,7,14H2,2H3. The van der Waals surface area contributed by atoms with E-state index in [0.717, 1.165) is 0 Å². The summed E-state index contributed by atoms with van der Waals surface area (Å²) in [6, 6.07) is 4.90. The number of hydrogen-bond acceptors (Lipinski definition) is 2. The van der Waals surface area contributed by atoms with Crippen molar-refractivity contribution in [2.45, 2.75) is 6.92 Å². The molecular formula is C12H15ClN2O. The molecule has 86 valence electrons. The Morgan fingerprint density at radius 3 is 2.81 bits per heavy atom. The van der Waals surface area contributed by atoms with Crippen molar-refractivity contribution in [3.63, 3.8) is 0 Å². The van der Waals surface area contributed by atoms with Crippen LogP contribution in [0.25, 0.3) is 0 Å². The van der Waals surface area contributed by atoms with Gasteiger partial charge in [0.2, 0.25) is 0 Å². The molecule has 16 heavy (non-hydrogen) atoms. The summed E-state index contributed by atoms with van der Waals surface area (Å²) in [5.74, 6) is -0.0655. The third-order valence-electron chi connectivity index (χ3n) is 2.27. The summed E-state index contributed by atoms with van der Waals surface area (Å²) < 4.78 is 0. The minimum atomic E-state index is -0.0655. The molecule has 0 spiro atoms. The molecule has 1 aromatic rings. The van der Waals surface area contributed by atoms with Gasteiger partial charge in [-0.1, -0.05) is 17.7 Å². The maximum Gasteiger partial charge on any atom is 0.254 e. The molecule has 1 amide bonds. The molecule has 1 rings (SSSR count). The minimum absolute atomic E-state index is 0.0655. The number of likely N-dealkylation sites (N-methyl/N-ethyl adjacent to an activating group) is 1. The fraction of sp³-hybridized carbons (Fsp3) is 0.250. The van der Waals surface area contributed by atoms with Gasteiger partial charge in [-0.3, -0.25) is 4.79 Å². The predicted molar refractivity (Wildman–Crippen MR) is 67.6 cm³/mol. The SMILES string of the molecule is C=CCN(CC)C(=O)c1ccc(N)c(Cl)c1. The van der Waals surface area contributed by atoms with Gasteiger partial charge in [0, 0.05) is 18.7 Å². The molecule has 0 aliphatic rings. The summed E-state index contributed by atoms with van der Waals surface area (Å²) in [5.41, 5.74) is 6.60. The summed E-state index contributed by atoms with van der Waals surface area (Å²) in [5, 5.41) is 0.403. The lowest BCUT2D eigenvalue weighted by Crippen LogP contribution is -2.30. The van der Waals surface area contributed by atoms with Gasteiger partial charge in [0.1, 0.15) is 0 Å². The summed E-state index contributed by atoms with van der Waals surface area (Å²) in [4.78, 5) is 13.7. The highest BCUT2D eigenvalue weighted by Gasteiger charge is 2.13. The number of nitrogens with two attached hydrogens (primary N) is 1. The maximum absolute atomic E-state index is 12.0. The van der Waals surface area contributed by atoms with Gasteiger partial charge in [-0.15, -0.1) is 6.58 Å². The number of halogens is 1. The molecule has 0 bridgehead atoms. The Bertz CT molecular complexity index is 404. The molecule has 0 saturated carbocycles. The van der Waals surface area contributed by atoms with Crippen LogP contribution in [0.2, 0.25) is 5.02 Å². The average molecular weight is 239 g/mol. The van der Waals surface area contributed by atoms with Crippen molar-refractivity contribution in [2.24, 2.45) is 0 Å². The highest BCUT2D eigenvalue weighted by molar-refractivity contribution is 6.33. The highest BCUT2D eigenvalue weighted by atomic mass is 35.5. The second-order valence-corrected chi connectivity index (χ2v) is 3.78. The lowest BCUT2D eigenvalue weighted by Gasteiger charge is -2.19. The van der Waals surface area contributed by atoms with Gasteiger partial charge in [0.25, 0.3) is 5.91 Å². The number of rotatable bonds is 4. The monoisotopic (exact) mass is 238 g/mol. The topological polar surface area (TPSA) is 46.3 Å². The van der Waals surface area contributed by atoms with Crippen LogP contribution in [-0.2, 0) is 0 Å². The number of carbonyl (C=O) groups is 1. The number of nitrogens with zero attached hydrogens (tertiary/aromatic N) is 1. The molecule has 3 nitrogen and oxygen atoms in total. The quantitative estimate of drug-likeness (QED) is 0.647. The Labute approximate surface area is 100 Å². The van der Waals surface area contributed by atoms with Crippen LogP contribution in [0.4, 0.5) is 5.69 Å². The fourth-order valence-corrected chi connectivity index (χ4v) is 1.53. The summed E-state index contributed by atoms with van der Waals surface area (Å²) in [6.07, 6.45) is 1.69. The van der Waals surface area contributed by atoms with Gasteiger partial charge in [0.15, 0.2) is 0 Å². The number of amides is 1. The first-order valence-corrected chi connectivity index (χ1v) is 5.43. The van der Waals surface area contributed by atoms with Crippen molar-refractivity contribution in [3.8, 4) is 0 Å². The molecule has 4 heteroatoms. The highest BCUT2D eigenvalue weighted by Crippen LogP contribution is 2.20. The van der Waals surface area contributed by atoms with Crippen molar-refractivity contribution in [1.82, 2.24) is 4.90 Å². The summed E-state index contributed by atoms with van der Waals surface area (Å²) >= 11 is 5.87. The zero-order valence-corrected chi connectivity index (χ0v) is 10.00. The minimum Gasteiger partial charge on any atom is -0.398 e. The van der Waals surface area contributed by atoms with Gasteiger partial charge in [-0.2, -0.15) is 0 Å². The van der Waals surface area contributed by atoms with E-state index in [1.807, 2.05) is 6.92 Å². The third kappa shape index (κ3) is 2.76. The second-order valence-electron chi connectivity index (χ2n) is 3.37. The zero-order chi connectivity index (χ0) is 12.1. The summed E-state index contributed by atoms with van der Waals surface area (Å²) in [7, 11) is 0. The van der Waals surface area contributed by atoms with Gasteiger partial charge < -0.3 is 10.6 Å². The number of anilines is 1. The van der Waals surface area contributed by atoms with Crippen LogP contribution < -0.4 is 5.73 Å². The molecule has 0 aliphatic carbocycles. The molecular weight excluding hydrogens is 224 g/mol. The molecule has 0 aliphatic heterocycles. The van der Waals surface area contributed by atoms with E-state index in [4.69, 9.17) is 17.3 Å². The van der Waals surface area contributed by atoms with Crippen LogP contribution in [0.3, 0.4) is 0 Å². The smallest absolute Gasteiger partial charge is 0.254 e. The van der Waals surface area contributed by atoms with E-state index >= 15 is 0 Å². The lowest BCUT2D eigenvalue weighted by atomic mass is 10.2. The molecule has 1 aromatic carbocycles. The van der Waals surface area contributed by atoms with Crippen molar-refractivity contribution in [3.05, 3.63) is 41.4 Å². The molecule has 0 saturated heterocycles. The van der Waals surface area contributed by atoms with Crippen LogP contribution in [0.15, 0.2) is 30.9 Å². The molecule has 0 unspecified atom stereocenters. The maximum atomic E-state index is 12.0. The Balaban J connectivity index is 2.94. The van der Waals surface area contributed by atoms with E-state index < -0.39 is 0 Å². The molecule has 0 atom stereocenters. The van der Waals surface area contributed by atoms with Crippen LogP contribution >= 0.6 is 11.6 Å². The number of carbonyl (C=O) groups excluding carboxylic acids is 1. The van der Waals surface area contributed by atoms with Gasteiger partial charge >= 0.3 is 0 Å². The molecule has 0 aromatic heterocycles. The normalized spacial score (nSPS) is 9.88. The van der Waals surface area contributed by atoms with E-state index in [-0.39, 0.29) is 5.91 Å². The molecule has 0 heterocycles. The first-order valence-electron chi connectivity index (χ1n) is 5.05. The Hall–Kier alpha value is -1.48. The van der Waals surface area contributed by atoms with Gasteiger partial charge in [0.05, 0.1) is 10.7 Å².